The summed E-state index contributed by atoms with van der Waals surface area (Å²) in [5.41, 5.74) is 4.80. The van der Waals surface area contributed by atoms with Crippen molar-refractivity contribution >= 4 is 11.5 Å². The molecule has 2 aliphatic rings. The molecule has 5 heteroatoms. The summed E-state index contributed by atoms with van der Waals surface area (Å²) >= 11 is 0. The van der Waals surface area contributed by atoms with Crippen LogP contribution in [0.4, 0.5) is 5.82 Å². The molecule has 2 N–H and O–H groups in total. The summed E-state index contributed by atoms with van der Waals surface area (Å²) in [4.78, 5) is 4.86. The maximum Gasteiger partial charge on any atom is 0.157 e. The maximum atomic E-state index is 4.86. The standard InChI is InChI=1S/C16H23N5/c1-2-11-9-15-19-14-6-4-3-5-13(14)16(21(15)20-11)18-12-7-8-17-10-12/h9,12,17-18H,2-8,10H2,1H3. The van der Waals surface area contributed by atoms with Crippen LogP contribution in [0.3, 0.4) is 0 Å². The van der Waals surface area contributed by atoms with Crippen LogP contribution in [0.2, 0.25) is 0 Å². The van der Waals surface area contributed by atoms with Crippen LogP contribution in [0, 0.1) is 0 Å². The third-order valence-electron chi connectivity index (χ3n) is 4.69. The van der Waals surface area contributed by atoms with Gasteiger partial charge in [-0.1, -0.05) is 6.92 Å². The zero-order chi connectivity index (χ0) is 14.2. The molecular formula is C16H23N5. The molecule has 3 heterocycles. The molecule has 112 valence electrons. The van der Waals surface area contributed by atoms with Crippen molar-refractivity contribution in [3.63, 3.8) is 0 Å². The van der Waals surface area contributed by atoms with Crippen molar-refractivity contribution in [3.05, 3.63) is 23.0 Å². The number of hydrogen-bond donors (Lipinski definition) is 2. The minimum atomic E-state index is 0.510. The Balaban J connectivity index is 1.84. The lowest BCUT2D eigenvalue weighted by Crippen LogP contribution is -2.26. The van der Waals surface area contributed by atoms with E-state index in [9.17, 15) is 0 Å². The molecule has 1 unspecified atom stereocenters. The van der Waals surface area contributed by atoms with Gasteiger partial charge in [-0.05, 0) is 45.1 Å². The molecule has 2 aromatic heterocycles. The zero-order valence-electron chi connectivity index (χ0n) is 12.7. The summed E-state index contributed by atoms with van der Waals surface area (Å²) < 4.78 is 2.04. The van der Waals surface area contributed by atoms with E-state index < -0.39 is 0 Å². The van der Waals surface area contributed by atoms with Crippen LogP contribution >= 0.6 is 0 Å². The molecular weight excluding hydrogens is 262 g/mol. The van der Waals surface area contributed by atoms with Crippen LogP contribution in [-0.4, -0.2) is 33.7 Å². The topological polar surface area (TPSA) is 54.2 Å². The number of hydrogen-bond acceptors (Lipinski definition) is 4. The van der Waals surface area contributed by atoms with E-state index in [1.807, 2.05) is 4.52 Å². The van der Waals surface area contributed by atoms with Crippen molar-refractivity contribution in [2.24, 2.45) is 0 Å². The zero-order valence-corrected chi connectivity index (χ0v) is 12.7. The van der Waals surface area contributed by atoms with Gasteiger partial charge in [0, 0.05) is 29.9 Å². The number of anilines is 1. The average Bonchev–Trinajstić information content (AvgIpc) is 3.15. The van der Waals surface area contributed by atoms with Gasteiger partial charge in [0.05, 0.1) is 5.69 Å². The molecule has 5 nitrogen and oxygen atoms in total. The molecule has 1 aliphatic carbocycles. The van der Waals surface area contributed by atoms with Crippen LogP contribution in [0.25, 0.3) is 5.65 Å². The number of aryl methyl sites for hydroxylation is 2. The van der Waals surface area contributed by atoms with E-state index in [0.717, 1.165) is 43.7 Å². The van der Waals surface area contributed by atoms with Gasteiger partial charge in [-0.3, -0.25) is 0 Å². The van der Waals surface area contributed by atoms with E-state index in [4.69, 9.17) is 10.1 Å². The summed E-state index contributed by atoms with van der Waals surface area (Å²) in [5.74, 6) is 1.20. The highest BCUT2D eigenvalue weighted by Gasteiger charge is 2.23. The van der Waals surface area contributed by atoms with Gasteiger partial charge in [0.2, 0.25) is 0 Å². The first-order valence-electron chi connectivity index (χ1n) is 8.23. The number of rotatable bonds is 3. The second-order valence-corrected chi connectivity index (χ2v) is 6.19. The summed E-state index contributed by atoms with van der Waals surface area (Å²) in [6.45, 7) is 4.30. The maximum absolute atomic E-state index is 4.86. The van der Waals surface area contributed by atoms with Crippen LogP contribution in [0.1, 0.15) is 43.1 Å². The highest BCUT2D eigenvalue weighted by Crippen LogP contribution is 2.29. The lowest BCUT2D eigenvalue weighted by molar-refractivity contribution is 0.656. The van der Waals surface area contributed by atoms with E-state index in [1.54, 1.807) is 0 Å². The molecule has 2 aromatic rings. The largest absolute Gasteiger partial charge is 0.366 e. The number of aromatic nitrogens is 3. The van der Waals surface area contributed by atoms with E-state index in [0.29, 0.717) is 6.04 Å². The predicted molar refractivity (Wildman–Crippen MR) is 83.9 cm³/mol. The lowest BCUT2D eigenvalue weighted by atomic mass is 9.96. The fourth-order valence-electron chi connectivity index (χ4n) is 3.49. The van der Waals surface area contributed by atoms with E-state index in [1.165, 1.54) is 36.3 Å². The minimum Gasteiger partial charge on any atom is -0.366 e. The number of fused-ring (bicyclic) bond motifs is 2. The van der Waals surface area contributed by atoms with Crippen LogP contribution in [0.15, 0.2) is 6.07 Å². The molecule has 0 saturated carbocycles. The summed E-state index contributed by atoms with van der Waals surface area (Å²) in [7, 11) is 0. The highest BCUT2D eigenvalue weighted by atomic mass is 15.3. The molecule has 0 spiro atoms. The van der Waals surface area contributed by atoms with Gasteiger partial charge in [0.15, 0.2) is 5.65 Å². The van der Waals surface area contributed by atoms with Crippen molar-refractivity contribution < 1.29 is 0 Å². The Morgan fingerprint density at radius 2 is 2.29 bits per heavy atom. The molecule has 4 rings (SSSR count). The highest BCUT2D eigenvalue weighted by molar-refractivity contribution is 5.57. The van der Waals surface area contributed by atoms with Crippen molar-refractivity contribution in [1.29, 1.82) is 0 Å². The van der Waals surface area contributed by atoms with Crippen LogP contribution < -0.4 is 10.6 Å². The Labute approximate surface area is 125 Å². The Morgan fingerprint density at radius 1 is 1.38 bits per heavy atom. The summed E-state index contributed by atoms with van der Waals surface area (Å²) in [6.07, 6.45) is 6.89. The summed E-state index contributed by atoms with van der Waals surface area (Å²) in [5, 5.41) is 11.9. The molecule has 0 radical (unpaired) electrons. The molecule has 1 saturated heterocycles. The first-order chi connectivity index (χ1) is 10.3. The first-order valence-corrected chi connectivity index (χ1v) is 8.23. The van der Waals surface area contributed by atoms with E-state index in [2.05, 4.69) is 23.6 Å². The Bertz CT molecular complexity index is 654. The van der Waals surface area contributed by atoms with E-state index in [-0.39, 0.29) is 0 Å². The molecule has 1 aliphatic heterocycles. The monoisotopic (exact) mass is 285 g/mol. The fraction of sp³-hybridized carbons (Fsp3) is 0.625. The smallest absolute Gasteiger partial charge is 0.157 e. The second-order valence-electron chi connectivity index (χ2n) is 6.19. The van der Waals surface area contributed by atoms with Crippen LogP contribution in [0.5, 0.6) is 0 Å². The molecule has 1 atom stereocenters. The third-order valence-corrected chi connectivity index (χ3v) is 4.69. The van der Waals surface area contributed by atoms with Crippen LogP contribution in [-0.2, 0) is 19.3 Å². The number of nitrogens with zero attached hydrogens (tertiary/aromatic N) is 3. The quantitative estimate of drug-likeness (QED) is 0.905. The van der Waals surface area contributed by atoms with Gasteiger partial charge in [0.1, 0.15) is 5.82 Å². The van der Waals surface area contributed by atoms with Gasteiger partial charge >= 0.3 is 0 Å². The van der Waals surface area contributed by atoms with Crippen molar-refractivity contribution in [3.8, 4) is 0 Å². The van der Waals surface area contributed by atoms with E-state index >= 15 is 0 Å². The van der Waals surface area contributed by atoms with Gasteiger partial charge in [-0.15, -0.1) is 0 Å². The SMILES string of the molecule is CCc1cc2nc3c(c(NC4CCNC4)n2n1)CCCC3. The minimum absolute atomic E-state index is 0.510. The van der Waals surface area contributed by atoms with Crippen molar-refractivity contribution in [1.82, 2.24) is 19.9 Å². The molecule has 0 aromatic carbocycles. The molecule has 21 heavy (non-hydrogen) atoms. The Kier molecular flexibility index (Phi) is 3.30. The van der Waals surface area contributed by atoms with Crippen molar-refractivity contribution in [2.75, 3.05) is 18.4 Å². The second kappa shape index (κ2) is 5.30. The number of nitrogens with one attached hydrogen (secondary N) is 2. The predicted octanol–water partition coefficient (Wildman–Crippen LogP) is 1.94. The molecule has 0 bridgehead atoms. The van der Waals surface area contributed by atoms with Gasteiger partial charge in [0.25, 0.3) is 0 Å². The Hall–Kier alpha value is -1.62. The summed E-state index contributed by atoms with van der Waals surface area (Å²) in [6, 6.07) is 2.64. The normalized spacial score (nSPS) is 21.7. The van der Waals surface area contributed by atoms with Gasteiger partial charge < -0.3 is 10.6 Å². The Morgan fingerprint density at radius 3 is 3.10 bits per heavy atom. The van der Waals surface area contributed by atoms with Crippen molar-refractivity contribution in [2.45, 2.75) is 51.5 Å². The van der Waals surface area contributed by atoms with Gasteiger partial charge in [-0.2, -0.15) is 9.61 Å². The molecule has 0 amide bonds. The first kappa shape index (κ1) is 13.1. The lowest BCUT2D eigenvalue weighted by Gasteiger charge is -2.22. The van der Waals surface area contributed by atoms with Gasteiger partial charge in [-0.25, -0.2) is 4.98 Å². The molecule has 1 fully saturated rings. The average molecular weight is 285 g/mol. The fourth-order valence-corrected chi connectivity index (χ4v) is 3.49. The third kappa shape index (κ3) is 2.29.